The second-order valence-corrected chi connectivity index (χ2v) is 4.09. The van der Waals surface area contributed by atoms with Gasteiger partial charge in [0.1, 0.15) is 24.4 Å². The van der Waals surface area contributed by atoms with Gasteiger partial charge in [0.2, 0.25) is 0 Å². The molecule has 6 heteroatoms. The molecule has 0 radical (unpaired) electrons. The standard InChI is InChI=1S/C13H18N4O2/c1-3-6-17-13(15-9-16-17)8-19-12-5-4-10(18-2)7-11(12)14/h4-5,7,9H,3,6,8,14H2,1-2H3. The van der Waals surface area contributed by atoms with Crippen LogP contribution in [0.4, 0.5) is 5.69 Å². The van der Waals surface area contributed by atoms with Crippen molar-refractivity contribution in [1.29, 1.82) is 0 Å². The van der Waals surface area contributed by atoms with Crippen LogP contribution < -0.4 is 15.2 Å². The molecule has 2 N–H and O–H groups in total. The first-order chi connectivity index (χ1) is 9.24. The third-order valence-electron chi connectivity index (χ3n) is 2.70. The summed E-state index contributed by atoms with van der Waals surface area (Å²) in [5.41, 5.74) is 6.43. The zero-order chi connectivity index (χ0) is 13.7. The summed E-state index contributed by atoms with van der Waals surface area (Å²) in [6.07, 6.45) is 2.53. The smallest absolute Gasteiger partial charge is 0.164 e. The SMILES string of the molecule is CCCn1ncnc1COc1ccc(OC)cc1N. The van der Waals surface area contributed by atoms with Crippen molar-refractivity contribution in [3.63, 3.8) is 0 Å². The Hall–Kier alpha value is -2.24. The molecule has 1 aromatic heterocycles. The first-order valence-corrected chi connectivity index (χ1v) is 6.17. The van der Waals surface area contributed by atoms with E-state index in [-0.39, 0.29) is 0 Å². The van der Waals surface area contributed by atoms with Crippen LogP contribution in [-0.2, 0) is 13.2 Å². The number of aryl methyl sites for hydroxylation is 1. The highest BCUT2D eigenvalue weighted by molar-refractivity contribution is 5.56. The molecule has 6 nitrogen and oxygen atoms in total. The average Bonchev–Trinajstić information content (AvgIpc) is 2.85. The van der Waals surface area contributed by atoms with Gasteiger partial charge in [-0.1, -0.05) is 6.92 Å². The van der Waals surface area contributed by atoms with Crippen LogP contribution in [0.2, 0.25) is 0 Å². The molecular formula is C13H18N4O2. The van der Waals surface area contributed by atoms with Gasteiger partial charge in [0.25, 0.3) is 0 Å². The van der Waals surface area contributed by atoms with Crippen LogP contribution in [0.15, 0.2) is 24.5 Å². The molecule has 1 aromatic carbocycles. The summed E-state index contributed by atoms with van der Waals surface area (Å²) in [5, 5.41) is 4.14. The predicted octanol–water partition coefficient (Wildman–Crippen LogP) is 1.86. The van der Waals surface area contributed by atoms with Crippen LogP contribution in [0.3, 0.4) is 0 Å². The lowest BCUT2D eigenvalue weighted by atomic mass is 10.3. The number of ether oxygens (including phenoxy) is 2. The molecule has 0 atom stereocenters. The maximum absolute atomic E-state index is 5.89. The summed E-state index contributed by atoms with van der Waals surface area (Å²) >= 11 is 0. The maximum Gasteiger partial charge on any atom is 0.164 e. The third kappa shape index (κ3) is 3.15. The predicted molar refractivity (Wildman–Crippen MR) is 72.1 cm³/mol. The Labute approximate surface area is 112 Å². The fourth-order valence-electron chi connectivity index (χ4n) is 1.73. The first-order valence-electron chi connectivity index (χ1n) is 6.17. The van der Waals surface area contributed by atoms with E-state index in [2.05, 4.69) is 17.0 Å². The quantitative estimate of drug-likeness (QED) is 0.804. The molecule has 0 amide bonds. The van der Waals surface area contributed by atoms with Crippen LogP contribution in [0.5, 0.6) is 11.5 Å². The van der Waals surface area contributed by atoms with Gasteiger partial charge in [-0.25, -0.2) is 9.67 Å². The minimum absolute atomic E-state index is 0.344. The van der Waals surface area contributed by atoms with Crippen molar-refractivity contribution in [3.8, 4) is 11.5 Å². The Morgan fingerprint density at radius 2 is 2.21 bits per heavy atom. The molecule has 2 rings (SSSR count). The van der Waals surface area contributed by atoms with Crippen LogP contribution in [0.25, 0.3) is 0 Å². The first kappa shape index (κ1) is 13.2. The molecule has 0 saturated heterocycles. The van der Waals surface area contributed by atoms with Gasteiger partial charge in [-0.2, -0.15) is 5.10 Å². The maximum atomic E-state index is 5.89. The van der Waals surface area contributed by atoms with Crippen molar-refractivity contribution in [2.75, 3.05) is 12.8 Å². The van der Waals surface area contributed by atoms with Gasteiger partial charge in [0, 0.05) is 12.6 Å². The van der Waals surface area contributed by atoms with Crippen LogP contribution in [0, 0.1) is 0 Å². The van der Waals surface area contributed by atoms with E-state index < -0.39 is 0 Å². The molecule has 0 unspecified atom stereocenters. The van der Waals surface area contributed by atoms with Gasteiger partial charge in [-0.3, -0.25) is 0 Å². The Morgan fingerprint density at radius 1 is 1.37 bits per heavy atom. The molecule has 0 saturated carbocycles. The van der Waals surface area contributed by atoms with E-state index in [1.165, 1.54) is 6.33 Å². The van der Waals surface area contributed by atoms with Gasteiger partial charge < -0.3 is 15.2 Å². The molecule has 0 aliphatic heterocycles. The summed E-state index contributed by atoms with van der Waals surface area (Å²) in [7, 11) is 1.60. The molecule has 1 heterocycles. The number of hydrogen-bond acceptors (Lipinski definition) is 5. The van der Waals surface area contributed by atoms with E-state index in [0.717, 1.165) is 18.8 Å². The van der Waals surface area contributed by atoms with E-state index in [1.54, 1.807) is 19.2 Å². The molecule has 102 valence electrons. The molecule has 19 heavy (non-hydrogen) atoms. The fraction of sp³-hybridized carbons (Fsp3) is 0.385. The fourth-order valence-corrected chi connectivity index (χ4v) is 1.73. The highest BCUT2D eigenvalue weighted by atomic mass is 16.5. The van der Waals surface area contributed by atoms with Gasteiger partial charge in [0.15, 0.2) is 5.82 Å². The lowest BCUT2D eigenvalue weighted by Crippen LogP contribution is -2.09. The van der Waals surface area contributed by atoms with Crippen LogP contribution >= 0.6 is 0 Å². The van der Waals surface area contributed by atoms with E-state index in [9.17, 15) is 0 Å². The number of hydrogen-bond donors (Lipinski definition) is 1. The number of nitrogens with two attached hydrogens (primary N) is 1. The topological polar surface area (TPSA) is 75.2 Å². The highest BCUT2D eigenvalue weighted by Crippen LogP contribution is 2.26. The van der Waals surface area contributed by atoms with E-state index in [4.69, 9.17) is 15.2 Å². The average molecular weight is 262 g/mol. The zero-order valence-electron chi connectivity index (χ0n) is 11.2. The van der Waals surface area contributed by atoms with Crippen molar-refractivity contribution in [1.82, 2.24) is 14.8 Å². The van der Waals surface area contributed by atoms with Gasteiger partial charge in [0.05, 0.1) is 12.8 Å². The Bertz CT molecular complexity index is 539. The number of nitrogens with zero attached hydrogens (tertiary/aromatic N) is 3. The number of benzene rings is 1. The Kier molecular flexibility index (Phi) is 4.22. The summed E-state index contributed by atoms with van der Waals surface area (Å²) in [6.45, 7) is 3.26. The summed E-state index contributed by atoms with van der Waals surface area (Å²) in [4.78, 5) is 4.17. The molecule has 2 aromatic rings. The number of methoxy groups -OCH3 is 1. The summed E-state index contributed by atoms with van der Waals surface area (Å²) < 4.78 is 12.6. The normalized spacial score (nSPS) is 10.4. The molecule has 0 aliphatic carbocycles. The highest BCUT2D eigenvalue weighted by Gasteiger charge is 2.07. The van der Waals surface area contributed by atoms with Gasteiger partial charge >= 0.3 is 0 Å². The minimum Gasteiger partial charge on any atom is -0.497 e. The van der Waals surface area contributed by atoms with Crippen molar-refractivity contribution in [2.45, 2.75) is 26.5 Å². The van der Waals surface area contributed by atoms with Crippen molar-refractivity contribution < 1.29 is 9.47 Å². The van der Waals surface area contributed by atoms with Gasteiger partial charge in [-0.15, -0.1) is 0 Å². The van der Waals surface area contributed by atoms with E-state index >= 15 is 0 Å². The summed E-state index contributed by atoms with van der Waals surface area (Å²) in [6, 6.07) is 5.32. The van der Waals surface area contributed by atoms with Crippen LogP contribution in [0.1, 0.15) is 19.2 Å². The zero-order valence-corrected chi connectivity index (χ0v) is 11.2. The number of rotatable bonds is 6. The largest absolute Gasteiger partial charge is 0.497 e. The minimum atomic E-state index is 0.344. The third-order valence-corrected chi connectivity index (χ3v) is 2.70. The van der Waals surface area contributed by atoms with Crippen molar-refractivity contribution in [3.05, 3.63) is 30.4 Å². The van der Waals surface area contributed by atoms with Crippen molar-refractivity contribution in [2.24, 2.45) is 0 Å². The summed E-state index contributed by atoms with van der Waals surface area (Å²) in [5.74, 6) is 2.11. The molecule has 0 spiro atoms. The number of nitrogen functional groups attached to an aromatic ring is 1. The monoisotopic (exact) mass is 262 g/mol. The number of anilines is 1. The van der Waals surface area contributed by atoms with E-state index in [1.807, 2.05) is 10.7 Å². The molecule has 0 bridgehead atoms. The molecular weight excluding hydrogens is 244 g/mol. The molecule has 0 aliphatic rings. The second-order valence-electron chi connectivity index (χ2n) is 4.09. The van der Waals surface area contributed by atoms with E-state index in [0.29, 0.717) is 23.8 Å². The van der Waals surface area contributed by atoms with Gasteiger partial charge in [-0.05, 0) is 18.6 Å². The number of aromatic nitrogens is 3. The lowest BCUT2D eigenvalue weighted by molar-refractivity contribution is 0.287. The Balaban J connectivity index is 2.04. The Morgan fingerprint density at radius 3 is 2.89 bits per heavy atom. The van der Waals surface area contributed by atoms with Crippen molar-refractivity contribution >= 4 is 5.69 Å². The second kappa shape index (κ2) is 6.08. The lowest BCUT2D eigenvalue weighted by Gasteiger charge is -2.10. The van der Waals surface area contributed by atoms with Crippen LogP contribution in [-0.4, -0.2) is 21.9 Å². The molecule has 0 fully saturated rings.